The molecule has 0 aliphatic carbocycles. The van der Waals surface area contributed by atoms with E-state index < -0.39 is 0 Å². The third-order valence-corrected chi connectivity index (χ3v) is 3.50. The first kappa shape index (κ1) is 13.9. The van der Waals surface area contributed by atoms with Crippen molar-refractivity contribution in [2.45, 2.75) is 6.92 Å². The number of phenols is 1. The molecule has 0 radical (unpaired) electrons. The zero-order valence-corrected chi connectivity index (χ0v) is 12.1. The van der Waals surface area contributed by atoms with Crippen LogP contribution in [0.5, 0.6) is 5.75 Å². The first-order valence-electron chi connectivity index (χ1n) is 6.99. The van der Waals surface area contributed by atoms with E-state index in [0.29, 0.717) is 5.69 Å². The van der Waals surface area contributed by atoms with Gasteiger partial charge in [-0.15, -0.1) is 0 Å². The van der Waals surface area contributed by atoms with Gasteiger partial charge in [-0.3, -0.25) is 0 Å². The predicted octanol–water partition coefficient (Wildman–Crippen LogP) is 4.50. The number of carbonyl (C=O) groups is 1. The fourth-order valence-electron chi connectivity index (χ4n) is 2.40. The quantitative estimate of drug-likeness (QED) is 0.609. The number of anilines is 2. The average Bonchev–Trinajstić information content (AvgIpc) is 2.50. The first-order chi connectivity index (χ1) is 10.6. The maximum atomic E-state index is 12.2. The molecule has 0 unspecified atom stereocenters. The molecule has 3 N–H and O–H groups in total. The van der Waals surface area contributed by atoms with E-state index in [0.717, 1.165) is 22.0 Å². The molecule has 0 aliphatic rings. The third-order valence-electron chi connectivity index (χ3n) is 3.50. The zero-order valence-electron chi connectivity index (χ0n) is 12.1. The van der Waals surface area contributed by atoms with E-state index >= 15 is 0 Å². The molecule has 0 bridgehead atoms. The zero-order chi connectivity index (χ0) is 15.5. The summed E-state index contributed by atoms with van der Waals surface area (Å²) in [7, 11) is 0. The molecule has 2 amide bonds. The van der Waals surface area contributed by atoms with E-state index in [2.05, 4.69) is 10.6 Å². The van der Waals surface area contributed by atoms with E-state index in [1.165, 1.54) is 0 Å². The molecule has 0 saturated heterocycles. The summed E-state index contributed by atoms with van der Waals surface area (Å²) in [5.41, 5.74) is 2.22. The van der Waals surface area contributed by atoms with E-state index in [1.54, 1.807) is 18.2 Å². The Kier molecular flexibility index (Phi) is 3.66. The number of urea groups is 1. The summed E-state index contributed by atoms with van der Waals surface area (Å²) in [4.78, 5) is 12.2. The van der Waals surface area contributed by atoms with E-state index in [-0.39, 0.29) is 11.8 Å². The second-order valence-electron chi connectivity index (χ2n) is 5.11. The lowest BCUT2D eigenvalue weighted by molar-refractivity contribution is 0.262. The van der Waals surface area contributed by atoms with Crippen molar-refractivity contribution in [3.05, 3.63) is 66.2 Å². The van der Waals surface area contributed by atoms with Crippen LogP contribution in [0.15, 0.2) is 60.7 Å². The van der Waals surface area contributed by atoms with E-state index in [1.807, 2.05) is 49.4 Å². The number of aryl methyl sites for hydroxylation is 1. The first-order valence-corrected chi connectivity index (χ1v) is 6.99. The van der Waals surface area contributed by atoms with Crippen LogP contribution in [-0.2, 0) is 0 Å². The number of amides is 2. The van der Waals surface area contributed by atoms with Crippen molar-refractivity contribution in [1.29, 1.82) is 0 Å². The maximum absolute atomic E-state index is 12.2. The molecule has 22 heavy (non-hydrogen) atoms. The molecule has 0 aromatic heterocycles. The molecule has 4 nitrogen and oxygen atoms in total. The summed E-state index contributed by atoms with van der Waals surface area (Å²) in [6, 6.07) is 18.2. The Morgan fingerprint density at radius 3 is 2.45 bits per heavy atom. The average molecular weight is 292 g/mol. The topological polar surface area (TPSA) is 61.4 Å². The summed E-state index contributed by atoms with van der Waals surface area (Å²) >= 11 is 0. The number of benzene rings is 3. The maximum Gasteiger partial charge on any atom is 0.323 e. The van der Waals surface area contributed by atoms with Crippen LogP contribution in [0.3, 0.4) is 0 Å². The van der Waals surface area contributed by atoms with Crippen molar-refractivity contribution in [3.63, 3.8) is 0 Å². The summed E-state index contributed by atoms with van der Waals surface area (Å²) in [6.07, 6.45) is 0. The summed E-state index contributed by atoms with van der Waals surface area (Å²) in [5.74, 6) is 0.178. The molecule has 0 heterocycles. The number of hydrogen-bond acceptors (Lipinski definition) is 2. The van der Waals surface area contributed by atoms with Gasteiger partial charge in [0.15, 0.2) is 0 Å². The highest BCUT2D eigenvalue weighted by atomic mass is 16.3. The van der Waals surface area contributed by atoms with Gasteiger partial charge in [0, 0.05) is 11.1 Å². The number of phenolic OH excluding ortho intramolecular Hbond substituents is 1. The fraction of sp³-hybridized carbons (Fsp3) is 0.0556. The van der Waals surface area contributed by atoms with E-state index in [4.69, 9.17) is 0 Å². The minimum Gasteiger partial charge on any atom is -0.508 e. The van der Waals surface area contributed by atoms with Crippen molar-refractivity contribution in [1.82, 2.24) is 0 Å². The SMILES string of the molecule is Cc1cc(O)ccc1NC(=O)Nc1cccc2ccccc12. The van der Waals surface area contributed by atoms with Crippen molar-refractivity contribution >= 4 is 28.2 Å². The monoisotopic (exact) mass is 292 g/mol. The number of aromatic hydroxyl groups is 1. The Hall–Kier alpha value is -3.01. The molecule has 3 aromatic carbocycles. The van der Waals surface area contributed by atoms with Crippen LogP contribution in [0.1, 0.15) is 5.56 Å². The van der Waals surface area contributed by atoms with Crippen molar-refractivity contribution in [3.8, 4) is 5.75 Å². The summed E-state index contributed by atoms with van der Waals surface area (Å²) < 4.78 is 0. The number of hydrogen-bond donors (Lipinski definition) is 3. The Labute approximate surface area is 128 Å². The number of nitrogens with one attached hydrogen (secondary N) is 2. The van der Waals surface area contributed by atoms with Crippen LogP contribution in [0.2, 0.25) is 0 Å². The van der Waals surface area contributed by atoms with Gasteiger partial charge in [-0.2, -0.15) is 0 Å². The summed E-state index contributed by atoms with van der Waals surface area (Å²) in [5, 5.41) is 17.1. The van der Waals surface area contributed by atoms with Gasteiger partial charge in [0.1, 0.15) is 5.75 Å². The largest absolute Gasteiger partial charge is 0.508 e. The molecule has 0 spiro atoms. The van der Waals surface area contributed by atoms with Gasteiger partial charge in [0.2, 0.25) is 0 Å². The number of fused-ring (bicyclic) bond motifs is 1. The van der Waals surface area contributed by atoms with Gasteiger partial charge in [-0.1, -0.05) is 36.4 Å². The second-order valence-corrected chi connectivity index (χ2v) is 5.11. The Morgan fingerprint density at radius 1 is 0.909 bits per heavy atom. The minimum atomic E-state index is -0.315. The fourth-order valence-corrected chi connectivity index (χ4v) is 2.40. The van der Waals surface area contributed by atoms with Crippen molar-refractivity contribution < 1.29 is 9.90 Å². The lowest BCUT2D eigenvalue weighted by Crippen LogP contribution is -2.20. The Morgan fingerprint density at radius 2 is 1.64 bits per heavy atom. The summed E-state index contributed by atoms with van der Waals surface area (Å²) in [6.45, 7) is 1.83. The van der Waals surface area contributed by atoms with Gasteiger partial charge in [-0.05, 0) is 42.1 Å². The smallest absolute Gasteiger partial charge is 0.323 e. The number of carbonyl (C=O) groups excluding carboxylic acids is 1. The van der Waals surface area contributed by atoms with Crippen molar-refractivity contribution in [2.75, 3.05) is 10.6 Å². The predicted molar refractivity (Wildman–Crippen MR) is 89.4 cm³/mol. The Bertz CT molecular complexity index is 838. The lowest BCUT2D eigenvalue weighted by Gasteiger charge is -2.12. The highest BCUT2D eigenvalue weighted by Crippen LogP contribution is 2.24. The molecule has 0 atom stereocenters. The van der Waals surface area contributed by atoms with E-state index in [9.17, 15) is 9.90 Å². The number of rotatable bonds is 2. The molecule has 0 saturated carbocycles. The highest BCUT2D eigenvalue weighted by Gasteiger charge is 2.07. The lowest BCUT2D eigenvalue weighted by atomic mass is 10.1. The van der Waals surface area contributed by atoms with Gasteiger partial charge in [0.05, 0.1) is 5.69 Å². The van der Waals surface area contributed by atoms with Crippen LogP contribution >= 0.6 is 0 Å². The molecule has 110 valence electrons. The van der Waals surface area contributed by atoms with Crippen LogP contribution < -0.4 is 10.6 Å². The van der Waals surface area contributed by atoms with Crippen LogP contribution in [-0.4, -0.2) is 11.1 Å². The normalized spacial score (nSPS) is 10.4. The van der Waals surface area contributed by atoms with Gasteiger partial charge in [0.25, 0.3) is 0 Å². The highest BCUT2D eigenvalue weighted by molar-refractivity contribution is 6.06. The minimum absolute atomic E-state index is 0.178. The third kappa shape index (κ3) is 2.86. The molecule has 0 aliphatic heterocycles. The standard InChI is InChI=1S/C18H16N2O2/c1-12-11-14(21)9-10-16(12)19-18(22)20-17-8-4-6-13-5-2-3-7-15(13)17/h2-11,21H,1H3,(H2,19,20,22). The van der Waals surface area contributed by atoms with Gasteiger partial charge >= 0.3 is 6.03 Å². The van der Waals surface area contributed by atoms with Gasteiger partial charge < -0.3 is 15.7 Å². The molecular weight excluding hydrogens is 276 g/mol. The second kappa shape index (κ2) is 5.77. The molecule has 3 rings (SSSR count). The van der Waals surface area contributed by atoms with Crippen LogP contribution in [0, 0.1) is 6.92 Å². The van der Waals surface area contributed by atoms with Gasteiger partial charge in [-0.25, -0.2) is 4.79 Å². The Balaban J connectivity index is 1.81. The molecular formula is C18H16N2O2. The molecule has 3 aromatic rings. The van der Waals surface area contributed by atoms with Crippen LogP contribution in [0.4, 0.5) is 16.2 Å². The molecule has 4 heteroatoms. The van der Waals surface area contributed by atoms with Crippen LogP contribution in [0.25, 0.3) is 10.8 Å². The molecule has 0 fully saturated rings. The van der Waals surface area contributed by atoms with Crippen molar-refractivity contribution in [2.24, 2.45) is 0 Å².